The SMILES string of the molecule is N#Cc1cc(-n2c3ccccc3c3cc(C#N)ccc32)cc(-n2c3ccccc3c3cc4c(cc32)c2ccccc2n4-c2ccccc2)c1. The highest BCUT2D eigenvalue weighted by Gasteiger charge is 2.20. The van der Waals surface area contributed by atoms with E-state index in [9.17, 15) is 10.5 Å². The maximum Gasteiger partial charge on any atom is 0.0993 e. The predicted molar refractivity (Wildman–Crippen MR) is 199 cm³/mol. The standard InChI is InChI=1S/C44H25N5/c45-26-28-18-19-42-36(22-28)33-12-4-8-16-40(33)48(42)31-20-29(27-46)21-32(23-31)49-41-17-9-6-14-35(41)38-24-43-37(25-44(38)49)34-13-5-7-15-39(34)47(43)30-10-2-1-3-11-30/h1-25H. The number of nitrogens with zero attached hydrogens (tertiary/aromatic N) is 5. The normalized spacial score (nSPS) is 11.6. The number of para-hydroxylation sites is 4. The second-order valence-corrected chi connectivity index (χ2v) is 12.5. The highest BCUT2D eigenvalue weighted by atomic mass is 15.0. The number of aromatic nitrogens is 3. The Morgan fingerprint density at radius 3 is 1.27 bits per heavy atom. The molecule has 5 nitrogen and oxygen atoms in total. The Hall–Kier alpha value is -7.08. The van der Waals surface area contributed by atoms with Crippen LogP contribution in [0.1, 0.15) is 11.1 Å². The minimum Gasteiger partial charge on any atom is -0.309 e. The molecule has 0 spiro atoms. The van der Waals surface area contributed by atoms with E-state index < -0.39 is 0 Å². The minimum atomic E-state index is 0.569. The van der Waals surface area contributed by atoms with Gasteiger partial charge in [0.1, 0.15) is 0 Å². The van der Waals surface area contributed by atoms with E-state index in [1.54, 1.807) is 0 Å². The highest BCUT2D eigenvalue weighted by molar-refractivity contribution is 6.19. The number of hydrogen-bond acceptors (Lipinski definition) is 2. The monoisotopic (exact) mass is 623 g/mol. The quantitative estimate of drug-likeness (QED) is 0.197. The molecule has 0 bridgehead atoms. The maximum atomic E-state index is 10.4. The molecule has 0 aliphatic rings. The van der Waals surface area contributed by atoms with Gasteiger partial charge in [-0.25, -0.2) is 0 Å². The number of hydrogen-bond donors (Lipinski definition) is 0. The molecule has 3 heterocycles. The van der Waals surface area contributed by atoms with Gasteiger partial charge < -0.3 is 13.7 Å². The summed E-state index contributed by atoms with van der Waals surface area (Å²) in [5.41, 5.74) is 10.6. The fraction of sp³-hybridized carbons (Fsp3) is 0. The molecule has 0 N–H and O–H groups in total. The molecule has 10 rings (SSSR count). The number of fused-ring (bicyclic) bond motifs is 9. The van der Waals surface area contributed by atoms with Crippen molar-refractivity contribution in [2.75, 3.05) is 0 Å². The topological polar surface area (TPSA) is 62.4 Å². The molecule has 10 aromatic rings. The van der Waals surface area contributed by atoms with Crippen molar-refractivity contribution < 1.29 is 0 Å². The van der Waals surface area contributed by atoms with Crippen LogP contribution in [0.5, 0.6) is 0 Å². The second-order valence-electron chi connectivity index (χ2n) is 12.5. The van der Waals surface area contributed by atoms with Crippen LogP contribution in [-0.4, -0.2) is 13.7 Å². The third-order valence-electron chi connectivity index (χ3n) is 9.83. The van der Waals surface area contributed by atoms with Gasteiger partial charge in [0.15, 0.2) is 0 Å². The van der Waals surface area contributed by atoms with Gasteiger partial charge in [-0.05, 0) is 78.9 Å². The van der Waals surface area contributed by atoms with Crippen LogP contribution in [0.4, 0.5) is 0 Å². The van der Waals surface area contributed by atoms with Crippen LogP contribution in [0.3, 0.4) is 0 Å². The number of benzene rings is 7. The highest BCUT2D eigenvalue weighted by Crippen LogP contribution is 2.40. The lowest BCUT2D eigenvalue weighted by atomic mass is 10.1. The molecule has 5 heteroatoms. The largest absolute Gasteiger partial charge is 0.309 e. The molecule has 0 fully saturated rings. The van der Waals surface area contributed by atoms with Crippen LogP contribution in [0.2, 0.25) is 0 Å². The van der Waals surface area contributed by atoms with E-state index in [1.807, 2.05) is 42.5 Å². The number of rotatable bonds is 3. The predicted octanol–water partition coefficient (Wildman–Crippen LogP) is 10.7. The molecule has 0 aliphatic heterocycles. The van der Waals surface area contributed by atoms with Crippen molar-refractivity contribution in [1.29, 1.82) is 10.5 Å². The van der Waals surface area contributed by atoms with Crippen LogP contribution >= 0.6 is 0 Å². The Bertz CT molecular complexity index is 3070. The summed E-state index contributed by atoms with van der Waals surface area (Å²) in [5.74, 6) is 0. The van der Waals surface area contributed by atoms with E-state index in [-0.39, 0.29) is 0 Å². The van der Waals surface area contributed by atoms with E-state index >= 15 is 0 Å². The Balaban J connectivity index is 1.31. The molecule has 226 valence electrons. The lowest BCUT2D eigenvalue weighted by molar-refractivity contribution is 1.13. The molecular formula is C44H25N5. The van der Waals surface area contributed by atoms with Crippen molar-refractivity contribution in [1.82, 2.24) is 13.7 Å². The molecule has 0 amide bonds. The van der Waals surface area contributed by atoms with E-state index in [1.165, 1.54) is 10.8 Å². The van der Waals surface area contributed by atoms with Crippen LogP contribution in [-0.2, 0) is 0 Å². The van der Waals surface area contributed by atoms with Crippen molar-refractivity contribution in [3.8, 4) is 29.2 Å². The summed E-state index contributed by atoms with van der Waals surface area (Å²) in [4.78, 5) is 0. The zero-order valence-corrected chi connectivity index (χ0v) is 26.2. The van der Waals surface area contributed by atoms with Gasteiger partial charge in [-0.1, -0.05) is 72.8 Å². The molecular weight excluding hydrogens is 599 g/mol. The smallest absolute Gasteiger partial charge is 0.0993 e. The molecule has 49 heavy (non-hydrogen) atoms. The molecule has 0 unspecified atom stereocenters. The third-order valence-corrected chi connectivity index (χ3v) is 9.83. The van der Waals surface area contributed by atoms with Gasteiger partial charge in [-0.15, -0.1) is 0 Å². The van der Waals surface area contributed by atoms with E-state index in [4.69, 9.17) is 0 Å². The van der Waals surface area contributed by atoms with Gasteiger partial charge in [0.05, 0.1) is 56.4 Å². The number of nitriles is 2. The molecule has 7 aromatic carbocycles. The Labute approximate surface area is 280 Å². The molecule has 0 atom stereocenters. The zero-order valence-electron chi connectivity index (χ0n) is 26.2. The van der Waals surface area contributed by atoms with Gasteiger partial charge in [-0.3, -0.25) is 0 Å². The van der Waals surface area contributed by atoms with Crippen molar-refractivity contribution in [3.05, 3.63) is 163 Å². The Morgan fingerprint density at radius 2 is 0.735 bits per heavy atom. The first-order valence-electron chi connectivity index (χ1n) is 16.2. The van der Waals surface area contributed by atoms with Gasteiger partial charge in [0.2, 0.25) is 0 Å². The van der Waals surface area contributed by atoms with Crippen molar-refractivity contribution >= 4 is 65.4 Å². The molecule has 0 saturated heterocycles. The lowest BCUT2D eigenvalue weighted by Crippen LogP contribution is -2.00. The summed E-state index contributed by atoms with van der Waals surface area (Å²) in [6, 6.07) is 57.2. The lowest BCUT2D eigenvalue weighted by Gasteiger charge is -2.14. The summed E-state index contributed by atoms with van der Waals surface area (Å²) in [7, 11) is 0. The second kappa shape index (κ2) is 10.2. The average molecular weight is 624 g/mol. The van der Waals surface area contributed by atoms with Crippen molar-refractivity contribution in [2.24, 2.45) is 0 Å². The first kappa shape index (κ1) is 27.1. The van der Waals surface area contributed by atoms with Gasteiger partial charge in [0, 0.05) is 49.4 Å². The summed E-state index contributed by atoms with van der Waals surface area (Å²) in [6.07, 6.45) is 0. The molecule has 3 aromatic heterocycles. The Kier molecular flexibility index (Phi) is 5.64. The van der Waals surface area contributed by atoms with Gasteiger partial charge >= 0.3 is 0 Å². The van der Waals surface area contributed by atoms with E-state index in [2.05, 4.69) is 135 Å². The summed E-state index contributed by atoms with van der Waals surface area (Å²) in [6.45, 7) is 0. The summed E-state index contributed by atoms with van der Waals surface area (Å²) in [5, 5.41) is 26.8. The van der Waals surface area contributed by atoms with Crippen LogP contribution in [0, 0.1) is 22.7 Å². The Morgan fingerprint density at radius 1 is 0.306 bits per heavy atom. The minimum absolute atomic E-state index is 0.569. The van der Waals surface area contributed by atoms with Crippen LogP contribution < -0.4 is 0 Å². The van der Waals surface area contributed by atoms with Crippen LogP contribution in [0.15, 0.2) is 152 Å². The molecule has 0 saturated carbocycles. The molecule has 0 aliphatic carbocycles. The fourth-order valence-electron chi connectivity index (χ4n) is 7.80. The van der Waals surface area contributed by atoms with Crippen molar-refractivity contribution in [3.63, 3.8) is 0 Å². The first-order valence-corrected chi connectivity index (χ1v) is 16.2. The first-order chi connectivity index (χ1) is 24.2. The third kappa shape index (κ3) is 3.85. The van der Waals surface area contributed by atoms with Gasteiger partial charge in [0.25, 0.3) is 0 Å². The van der Waals surface area contributed by atoms with E-state index in [0.717, 1.165) is 71.7 Å². The fourth-order valence-corrected chi connectivity index (χ4v) is 7.80. The summed E-state index contributed by atoms with van der Waals surface area (Å²) >= 11 is 0. The van der Waals surface area contributed by atoms with E-state index in [0.29, 0.717) is 11.1 Å². The zero-order chi connectivity index (χ0) is 32.6. The van der Waals surface area contributed by atoms with Gasteiger partial charge in [-0.2, -0.15) is 10.5 Å². The molecule has 0 radical (unpaired) electrons. The summed E-state index contributed by atoms with van der Waals surface area (Å²) < 4.78 is 6.85. The van der Waals surface area contributed by atoms with Crippen LogP contribution in [0.25, 0.3) is 82.5 Å². The average Bonchev–Trinajstić information content (AvgIpc) is 3.79. The maximum absolute atomic E-state index is 10.4. The van der Waals surface area contributed by atoms with Crippen molar-refractivity contribution in [2.45, 2.75) is 0 Å².